The van der Waals surface area contributed by atoms with E-state index in [0.717, 1.165) is 0 Å². The van der Waals surface area contributed by atoms with E-state index in [-0.39, 0.29) is 53.6 Å². The second-order valence-electron chi connectivity index (χ2n) is 7.55. The van der Waals surface area contributed by atoms with Crippen LogP contribution < -0.4 is 14.2 Å². The van der Waals surface area contributed by atoms with Crippen LogP contribution in [0.1, 0.15) is 18.4 Å². The Balaban J connectivity index is 1.64. The molecule has 3 aromatic rings. The number of hydrogen-bond donors (Lipinski definition) is 3. The molecule has 0 spiro atoms. The molecule has 1 amide bonds. The lowest BCUT2D eigenvalue weighted by Crippen LogP contribution is -2.17. The van der Waals surface area contributed by atoms with Crippen LogP contribution >= 0.6 is 23.2 Å². The van der Waals surface area contributed by atoms with Gasteiger partial charge < -0.3 is 9.50 Å². The molecule has 0 aliphatic rings. The number of aromatic amines is 1. The first kappa shape index (κ1) is 27.1. The number of alkyl halides is 2. The summed E-state index contributed by atoms with van der Waals surface area (Å²) in [6.07, 6.45) is 0.604. The maximum Gasteiger partial charge on any atom is 0.309 e. The fourth-order valence-electron chi connectivity index (χ4n) is 3.09. The van der Waals surface area contributed by atoms with E-state index in [1.54, 1.807) is 30.3 Å². The first-order valence-electron chi connectivity index (χ1n) is 10.5. The number of rotatable bonds is 13. The zero-order valence-corrected chi connectivity index (χ0v) is 21.6. The summed E-state index contributed by atoms with van der Waals surface area (Å²) >= 11 is 11.1. The monoisotopic (exact) mass is 562 g/mol. The Labute approximate surface area is 213 Å². The van der Waals surface area contributed by atoms with E-state index < -0.39 is 20.1 Å². The summed E-state index contributed by atoms with van der Waals surface area (Å²) in [6, 6.07) is 10.9. The molecule has 0 saturated heterocycles. The van der Waals surface area contributed by atoms with Crippen molar-refractivity contribution >= 4 is 71.7 Å². The molecular weight excluding hydrogens is 539 g/mol. The normalized spacial score (nSPS) is 11.9. The maximum absolute atomic E-state index is 12.6. The lowest BCUT2D eigenvalue weighted by Gasteiger charge is -2.08. The Morgan fingerprint density at radius 2 is 1.66 bits per heavy atom. The minimum Gasteiger partial charge on any atom is -0.382 e. The first-order valence-corrected chi connectivity index (χ1v) is 14.8. The van der Waals surface area contributed by atoms with Crippen molar-refractivity contribution in [2.45, 2.75) is 19.3 Å². The first-order chi connectivity index (χ1) is 16.6. The number of aromatic nitrogens is 2. The van der Waals surface area contributed by atoms with Gasteiger partial charge in [0.1, 0.15) is 5.75 Å². The molecule has 0 saturated carbocycles. The van der Waals surface area contributed by atoms with Crippen molar-refractivity contribution in [3.63, 3.8) is 0 Å². The van der Waals surface area contributed by atoms with E-state index in [1.165, 1.54) is 12.1 Å². The van der Waals surface area contributed by atoms with Gasteiger partial charge in [-0.2, -0.15) is 13.5 Å². The van der Waals surface area contributed by atoms with Gasteiger partial charge in [-0.3, -0.25) is 14.6 Å². The minimum absolute atomic E-state index is 0.00161. The Morgan fingerprint density at radius 3 is 2.34 bits per heavy atom. The number of carbonyl (C=O) groups is 1. The number of nitrogens with zero attached hydrogens (tertiary/aromatic N) is 1. The molecule has 190 valence electrons. The molecule has 14 heteroatoms. The minimum atomic E-state index is -3.73. The van der Waals surface area contributed by atoms with Gasteiger partial charge in [-0.25, -0.2) is 8.42 Å². The van der Waals surface area contributed by atoms with Gasteiger partial charge in [0.05, 0.1) is 23.4 Å². The third kappa shape index (κ3) is 8.27. The molecule has 1 aromatic heterocycles. The van der Waals surface area contributed by atoms with E-state index >= 15 is 0 Å². The van der Waals surface area contributed by atoms with Gasteiger partial charge >= 0.3 is 10.1 Å². The summed E-state index contributed by atoms with van der Waals surface area (Å²) < 4.78 is 55.5. The quantitative estimate of drug-likeness (QED) is 0.213. The molecule has 1 heterocycles. The molecule has 0 bridgehead atoms. The summed E-state index contributed by atoms with van der Waals surface area (Å²) in [5, 5.41) is 10.1. The third-order valence-corrected chi connectivity index (χ3v) is 7.82. The molecule has 3 rings (SSSR count). The molecule has 0 radical (unpaired) electrons. The highest BCUT2D eigenvalue weighted by Crippen LogP contribution is 2.25. The zero-order chi connectivity index (χ0) is 25.5. The fraction of sp³-hybridized carbons (Fsp3) is 0.333. The van der Waals surface area contributed by atoms with E-state index in [9.17, 15) is 21.6 Å². The van der Waals surface area contributed by atoms with Crippen molar-refractivity contribution in [2.24, 2.45) is 0 Å². The molecule has 10 nitrogen and oxygen atoms in total. The molecule has 35 heavy (non-hydrogen) atoms. The molecule has 2 aromatic carbocycles. The van der Waals surface area contributed by atoms with Crippen LogP contribution in [0.2, 0.25) is 0 Å². The Morgan fingerprint density at radius 1 is 0.971 bits per heavy atom. The van der Waals surface area contributed by atoms with Crippen LogP contribution in [0.15, 0.2) is 42.5 Å². The largest absolute Gasteiger partial charge is 0.382 e. The standard InChI is InChI=1S/C21H24Cl2N4O6S2/c22-9-1-11-34(29,30)27-16-5-8-19-18(14-16)21(26-25-19)24-20(28)13-15-3-6-17(7-4-15)33-35(31,32)12-2-10-23/h3-8,14,27H,1-2,9-13H2,(H2,24,25,26,28). The van der Waals surface area contributed by atoms with Gasteiger partial charge in [0.15, 0.2) is 5.82 Å². The average molecular weight is 563 g/mol. The summed E-state index contributed by atoms with van der Waals surface area (Å²) in [5.41, 5.74) is 1.57. The number of H-pyrrole nitrogens is 1. The number of sulfonamides is 1. The van der Waals surface area contributed by atoms with Crippen molar-refractivity contribution in [3.8, 4) is 5.75 Å². The highest BCUT2D eigenvalue weighted by Gasteiger charge is 2.15. The van der Waals surface area contributed by atoms with Gasteiger partial charge in [0.25, 0.3) is 0 Å². The lowest BCUT2D eigenvalue weighted by atomic mass is 10.1. The Bertz CT molecular complexity index is 1380. The van der Waals surface area contributed by atoms with Crippen LogP contribution in [-0.4, -0.2) is 56.2 Å². The van der Waals surface area contributed by atoms with E-state index in [2.05, 4.69) is 20.2 Å². The molecule has 0 fully saturated rings. The lowest BCUT2D eigenvalue weighted by molar-refractivity contribution is -0.115. The average Bonchev–Trinajstić information content (AvgIpc) is 3.19. The van der Waals surface area contributed by atoms with Crippen LogP contribution in [0.25, 0.3) is 10.9 Å². The Hall–Kier alpha value is -2.54. The van der Waals surface area contributed by atoms with Crippen molar-refractivity contribution in [1.29, 1.82) is 0 Å². The van der Waals surface area contributed by atoms with Crippen LogP contribution in [0, 0.1) is 0 Å². The SMILES string of the molecule is O=C(Cc1ccc(OS(=O)(=O)CCCCl)cc1)Nc1n[nH]c2ccc(NS(=O)(=O)CCCCl)cc12. The second-order valence-corrected chi connectivity index (χ2v) is 11.8. The molecule has 3 N–H and O–H groups in total. The number of fused-ring (bicyclic) bond motifs is 1. The van der Waals surface area contributed by atoms with E-state index in [1.807, 2.05) is 0 Å². The van der Waals surface area contributed by atoms with Gasteiger partial charge in [-0.05, 0) is 48.7 Å². The number of nitrogens with one attached hydrogen (secondary N) is 3. The number of amides is 1. The highest BCUT2D eigenvalue weighted by molar-refractivity contribution is 7.92. The smallest absolute Gasteiger partial charge is 0.309 e. The summed E-state index contributed by atoms with van der Waals surface area (Å²) in [4.78, 5) is 12.6. The number of benzene rings is 2. The molecular formula is C21H24Cl2N4O6S2. The highest BCUT2D eigenvalue weighted by atomic mass is 35.5. The van der Waals surface area contributed by atoms with Crippen molar-refractivity contribution in [1.82, 2.24) is 10.2 Å². The molecule has 0 unspecified atom stereocenters. The Kier molecular flexibility index (Phi) is 9.22. The second kappa shape index (κ2) is 11.9. The van der Waals surface area contributed by atoms with Gasteiger partial charge in [0.2, 0.25) is 15.9 Å². The molecule has 0 atom stereocenters. The van der Waals surface area contributed by atoms with Crippen LogP contribution in [0.4, 0.5) is 11.5 Å². The summed E-state index contributed by atoms with van der Waals surface area (Å²) in [6.45, 7) is 0. The number of hydrogen-bond acceptors (Lipinski definition) is 7. The summed E-state index contributed by atoms with van der Waals surface area (Å²) in [7, 11) is -7.28. The van der Waals surface area contributed by atoms with Crippen LogP contribution in [0.5, 0.6) is 5.75 Å². The van der Waals surface area contributed by atoms with E-state index in [0.29, 0.717) is 28.6 Å². The van der Waals surface area contributed by atoms with Gasteiger partial charge in [0, 0.05) is 22.8 Å². The van der Waals surface area contributed by atoms with E-state index in [4.69, 9.17) is 27.4 Å². The third-order valence-electron chi connectivity index (χ3n) is 4.68. The predicted octanol–water partition coefficient (Wildman–Crippen LogP) is 3.45. The number of carbonyl (C=O) groups excluding carboxylic acids is 1. The van der Waals surface area contributed by atoms with Gasteiger partial charge in [-0.1, -0.05) is 12.1 Å². The van der Waals surface area contributed by atoms with Crippen molar-refractivity contribution in [3.05, 3.63) is 48.0 Å². The van der Waals surface area contributed by atoms with Crippen molar-refractivity contribution in [2.75, 3.05) is 33.3 Å². The number of anilines is 2. The zero-order valence-electron chi connectivity index (χ0n) is 18.5. The predicted molar refractivity (Wildman–Crippen MR) is 137 cm³/mol. The maximum atomic E-state index is 12.6. The van der Waals surface area contributed by atoms with Crippen LogP contribution in [-0.2, 0) is 31.4 Å². The van der Waals surface area contributed by atoms with Crippen molar-refractivity contribution < 1.29 is 25.8 Å². The van der Waals surface area contributed by atoms with Crippen LogP contribution in [0.3, 0.4) is 0 Å². The summed E-state index contributed by atoms with van der Waals surface area (Å²) in [5.74, 6) is 0.186. The topological polar surface area (TPSA) is 147 Å². The molecule has 0 aliphatic heterocycles. The van der Waals surface area contributed by atoms with Gasteiger partial charge in [-0.15, -0.1) is 23.2 Å². The fourth-order valence-corrected chi connectivity index (χ4v) is 5.77. The number of halogens is 2. The molecule has 0 aliphatic carbocycles.